The number of amides is 2. The van der Waals surface area contributed by atoms with Gasteiger partial charge in [0.2, 0.25) is 11.8 Å². The van der Waals surface area contributed by atoms with Crippen LogP contribution in [0, 0.1) is 5.82 Å². The van der Waals surface area contributed by atoms with E-state index in [0.29, 0.717) is 4.90 Å². The Balaban J connectivity index is 2.07. The van der Waals surface area contributed by atoms with Crippen molar-refractivity contribution >= 4 is 23.6 Å². The molecule has 1 heterocycles. The van der Waals surface area contributed by atoms with Crippen LogP contribution in [0.25, 0.3) is 0 Å². The van der Waals surface area contributed by atoms with Crippen molar-refractivity contribution < 1.29 is 14.0 Å². The standard InChI is InChI=1S/C14H17FN2O2S/c1-9(18)17(2)8-13(19)16-12-6-7-20-14-10(12)4-3-5-11(14)15/h3-5,12H,6-8H2,1-2H3,(H,16,19). The van der Waals surface area contributed by atoms with Gasteiger partial charge in [0.15, 0.2) is 0 Å². The summed E-state index contributed by atoms with van der Waals surface area (Å²) in [5.74, 6) is 0.134. The van der Waals surface area contributed by atoms with E-state index in [1.807, 2.05) is 6.07 Å². The van der Waals surface area contributed by atoms with Gasteiger partial charge in [-0.25, -0.2) is 4.39 Å². The second-order valence-corrected chi connectivity index (χ2v) is 5.90. The van der Waals surface area contributed by atoms with Crippen LogP contribution in [-0.4, -0.2) is 36.1 Å². The van der Waals surface area contributed by atoms with Crippen LogP contribution >= 0.6 is 11.8 Å². The quantitative estimate of drug-likeness (QED) is 0.927. The number of hydrogen-bond acceptors (Lipinski definition) is 3. The van der Waals surface area contributed by atoms with Crippen LogP contribution in [0.1, 0.15) is 24.9 Å². The van der Waals surface area contributed by atoms with E-state index in [0.717, 1.165) is 17.7 Å². The molecule has 0 fully saturated rings. The average molecular weight is 296 g/mol. The number of rotatable bonds is 3. The van der Waals surface area contributed by atoms with Gasteiger partial charge >= 0.3 is 0 Å². The van der Waals surface area contributed by atoms with E-state index >= 15 is 0 Å². The van der Waals surface area contributed by atoms with E-state index in [-0.39, 0.29) is 30.2 Å². The Labute approximate surface area is 121 Å². The smallest absolute Gasteiger partial charge is 0.240 e. The Hall–Kier alpha value is -1.56. The Bertz CT molecular complexity index is 536. The van der Waals surface area contributed by atoms with E-state index in [1.165, 1.54) is 29.7 Å². The highest BCUT2D eigenvalue weighted by Crippen LogP contribution is 2.37. The topological polar surface area (TPSA) is 49.4 Å². The molecule has 1 N–H and O–H groups in total. The summed E-state index contributed by atoms with van der Waals surface area (Å²) >= 11 is 1.47. The van der Waals surface area contributed by atoms with Gasteiger partial charge < -0.3 is 10.2 Å². The fourth-order valence-electron chi connectivity index (χ4n) is 2.10. The lowest BCUT2D eigenvalue weighted by Crippen LogP contribution is -2.39. The summed E-state index contributed by atoms with van der Waals surface area (Å²) in [6.45, 7) is 1.43. The van der Waals surface area contributed by atoms with E-state index in [4.69, 9.17) is 0 Å². The largest absolute Gasteiger partial charge is 0.348 e. The Kier molecular flexibility index (Phi) is 4.65. The third-order valence-corrected chi connectivity index (χ3v) is 4.44. The van der Waals surface area contributed by atoms with Crippen LogP contribution in [0.15, 0.2) is 23.1 Å². The first-order valence-corrected chi connectivity index (χ1v) is 7.40. The lowest BCUT2D eigenvalue weighted by Gasteiger charge is -2.27. The molecule has 1 aliphatic rings. The normalized spacial score (nSPS) is 17.2. The fraction of sp³-hybridized carbons (Fsp3) is 0.429. The number of halogens is 1. The number of nitrogens with one attached hydrogen (secondary N) is 1. The first-order valence-electron chi connectivity index (χ1n) is 6.41. The van der Waals surface area contributed by atoms with E-state index in [9.17, 15) is 14.0 Å². The highest BCUT2D eigenvalue weighted by Gasteiger charge is 2.24. The fourth-order valence-corrected chi connectivity index (χ4v) is 3.24. The summed E-state index contributed by atoms with van der Waals surface area (Å²) in [7, 11) is 1.58. The molecule has 1 aromatic carbocycles. The molecule has 1 unspecified atom stereocenters. The summed E-state index contributed by atoms with van der Waals surface area (Å²) in [5.41, 5.74) is 0.820. The number of fused-ring (bicyclic) bond motifs is 1. The van der Waals surface area contributed by atoms with Crippen molar-refractivity contribution in [3.8, 4) is 0 Å². The maximum Gasteiger partial charge on any atom is 0.240 e. The highest BCUT2D eigenvalue weighted by atomic mass is 32.2. The molecule has 6 heteroatoms. The van der Waals surface area contributed by atoms with E-state index < -0.39 is 0 Å². The zero-order valence-corrected chi connectivity index (χ0v) is 12.3. The molecule has 2 rings (SSSR count). The number of carbonyl (C=O) groups excluding carboxylic acids is 2. The second kappa shape index (κ2) is 6.26. The van der Waals surface area contributed by atoms with Crippen LogP contribution in [0.5, 0.6) is 0 Å². The number of nitrogens with zero attached hydrogens (tertiary/aromatic N) is 1. The first-order chi connectivity index (χ1) is 9.49. The van der Waals surface area contributed by atoms with Gasteiger partial charge in [-0.15, -0.1) is 11.8 Å². The molecule has 20 heavy (non-hydrogen) atoms. The van der Waals surface area contributed by atoms with Gasteiger partial charge in [-0.1, -0.05) is 12.1 Å². The van der Waals surface area contributed by atoms with Crippen molar-refractivity contribution in [3.63, 3.8) is 0 Å². The number of benzene rings is 1. The van der Waals surface area contributed by atoms with Crippen molar-refractivity contribution in [2.75, 3.05) is 19.3 Å². The monoisotopic (exact) mass is 296 g/mol. The molecule has 2 amide bonds. The van der Waals surface area contributed by atoms with Crippen LogP contribution in [0.2, 0.25) is 0 Å². The summed E-state index contributed by atoms with van der Waals surface area (Å²) in [4.78, 5) is 25.0. The molecule has 0 radical (unpaired) electrons. The second-order valence-electron chi connectivity index (χ2n) is 4.79. The minimum Gasteiger partial charge on any atom is -0.348 e. The highest BCUT2D eigenvalue weighted by molar-refractivity contribution is 7.99. The van der Waals surface area contributed by atoms with Gasteiger partial charge in [-0.2, -0.15) is 0 Å². The number of thioether (sulfide) groups is 1. The molecule has 0 aromatic heterocycles. The van der Waals surface area contributed by atoms with Gasteiger partial charge in [-0.05, 0) is 18.1 Å². The van der Waals surface area contributed by atoms with Gasteiger partial charge in [0.05, 0.1) is 12.6 Å². The van der Waals surface area contributed by atoms with Gasteiger partial charge in [0.1, 0.15) is 5.82 Å². The van der Waals surface area contributed by atoms with Gasteiger partial charge in [0.25, 0.3) is 0 Å². The molecule has 1 aliphatic heterocycles. The molecule has 0 aliphatic carbocycles. The van der Waals surface area contributed by atoms with Gasteiger partial charge in [0, 0.05) is 24.6 Å². The average Bonchev–Trinajstić information content (AvgIpc) is 2.39. The van der Waals surface area contributed by atoms with Crippen molar-refractivity contribution in [2.45, 2.75) is 24.3 Å². The molecule has 108 valence electrons. The number of likely N-dealkylation sites (N-methyl/N-ethyl adjacent to an activating group) is 1. The number of carbonyl (C=O) groups is 2. The van der Waals surface area contributed by atoms with Crippen LogP contribution in [0.3, 0.4) is 0 Å². The number of hydrogen-bond donors (Lipinski definition) is 1. The summed E-state index contributed by atoms with van der Waals surface area (Å²) in [5, 5.41) is 2.88. The SMILES string of the molecule is CC(=O)N(C)CC(=O)NC1CCSc2c(F)cccc21. The Morgan fingerprint density at radius 3 is 2.95 bits per heavy atom. The molecular weight excluding hydrogens is 279 g/mol. The van der Waals surface area contributed by atoms with Crippen LogP contribution < -0.4 is 5.32 Å². The first kappa shape index (κ1) is 14.8. The Morgan fingerprint density at radius 1 is 1.50 bits per heavy atom. The molecule has 1 aromatic rings. The van der Waals surface area contributed by atoms with Crippen LogP contribution in [-0.2, 0) is 9.59 Å². The third-order valence-electron chi connectivity index (χ3n) is 3.28. The van der Waals surface area contributed by atoms with Crippen LogP contribution in [0.4, 0.5) is 4.39 Å². The van der Waals surface area contributed by atoms with E-state index in [2.05, 4.69) is 5.32 Å². The molecule has 0 saturated heterocycles. The molecule has 0 spiro atoms. The predicted molar refractivity (Wildman–Crippen MR) is 75.9 cm³/mol. The summed E-state index contributed by atoms with van der Waals surface area (Å²) < 4.78 is 13.7. The third kappa shape index (κ3) is 3.30. The van der Waals surface area contributed by atoms with Crippen molar-refractivity contribution in [3.05, 3.63) is 29.6 Å². The van der Waals surface area contributed by atoms with Crippen molar-refractivity contribution in [2.24, 2.45) is 0 Å². The summed E-state index contributed by atoms with van der Waals surface area (Å²) in [6.07, 6.45) is 0.761. The maximum atomic E-state index is 13.7. The minimum absolute atomic E-state index is 0.0175. The lowest BCUT2D eigenvalue weighted by molar-refractivity contribution is -0.133. The minimum atomic E-state index is -0.243. The maximum absolute atomic E-state index is 13.7. The zero-order chi connectivity index (χ0) is 14.7. The lowest BCUT2D eigenvalue weighted by atomic mass is 10.0. The summed E-state index contributed by atoms with van der Waals surface area (Å²) in [6, 6.07) is 4.74. The predicted octanol–water partition coefficient (Wildman–Crippen LogP) is 1.96. The van der Waals surface area contributed by atoms with Gasteiger partial charge in [-0.3, -0.25) is 9.59 Å². The molecular formula is C14H17FN2O2S. The molecule has 4 nitrogen and oxygen atoms in total. The zero-order valence-electron chi connectivity index (χ0n) is 11.5. The molecule has 0 saturated carbocycles. The van der Waals surface area contributed by atoms with E-state index in [1.54, 1.807) is 13.1 Å². The van der Waals surface area contributed by atoms with Crippen molar-refractivity contribution in [1.82, 2.24) is 10.2 Å². The molecule has 1 atom stereocenters. The van der Waals surface area contributed by atoms with Crippen molar-refractivity contribution in [1.29, 1.82) is 0 Å². The Morgan fingerprint density at radius 2 is 2.25 bits per heavy atom. The molecule has 0 bridgehead atoms.